The Morgan fingerprint density at radius 3 is 2.37 bits per heavy atom. The Kier molecular flexibility index (Phi) is 4.08. The van der Waals surface area contributed by atoms with Crippen LogP contribution in [0.25, 0.3) is 0 Å². The molecule has 2 aliphatic carbocycles. The molecule has 4 nitrogen and oxygen atoms in total. The molecule has 108 valence electrons. The van der Waals surface area contributed by atoms with Gasteiger partial charge < -0.3 is 10.4 Å². The molecule has 1 saturated heterocycles. The van der Waals surface area contributed by atoms with Gasteiger partial charge in [-0.15, -0.1) is 0 Å². The fourth-order valence-corrected chi connectivity index (χ4v) is 3.83. The summed E-state index contributed by atoms with van der Waals surface area (Å²) in [5.41, 5.74) is 0. The van der Waals surface area contributed by atoms with Crippen molar-refractivity contribution in [2.75, 3.05) is 13.1 Å². The predicted molar refractivity (Wildman–Crippen MR) is 73.7 cm³/mol. The molecule has 0 unspecified atom stereocenters. The van der Waals surface area contributed by atoms with Crippen molar-refractivity contribution in [2.24, 2.45) is 5.92 Å². The summed E-state index contributed by atoms with van der Waals surface area (Å²) in [6.07, 6.45) is 9.21. The first-order chi connectivity index (χ1) is 9.24. The molecule has 0 aromatic carbocycles. The number of rotatable bonds is 3. The Balaban J connectivity index is 1.41. The van der Waals surface area contributed by atoms with E-state index < -0.39 is 0 Å². The van der Waals surface area contributed by atoms with Gasteiger partial charge in [0.25, 0.3) is 0 Å². The lowest BCUT2D eigenvalue weighted by Crippen LogP contribution is -2.58. The van der Waals surface area contributed by atoms with E-state index in [9.17, 15) is 9.90 Å². The van der Waals surface area contributed by atoms with Gasteiger partial charge in [0.05, 0.1) is 18.1 Å². The van der Waals surface area contributed by atoms with Gasteiger partial charge in [-0.05, 0) is 32.1 Å². The molecular weight excluding hydrogens is 240 g/mol. The van der Waals surface area contributed by atoms with Crippen LogP contribution in [-0.2, 0) is 4.79 Å². The molecule has 2 saturated carbocycles. The molecule has 0 spiro atoms. The van der Waals surface area contributed by atoms with E-state index in [0.29, 0.717) is 0 Å². The van der Waals surface area contributed by atoms with Crippen molar-refractivity contribution in [2.45, 2.75) is 69.6 Å². The van der Waals surface area contributed by atoms with Gasteiger partial charge in [0.15, 0.2) is 0 Å². The Hall–Kier alpha value is -0.610. The number of likely N-dealkylation sites (tertiary alicyclic amines) is 1. The number of hydrogen-bond donors (Lipinski definition) is 2. The lowest BCUT2D eigenvalue weighted by Gasteiger charge is -2.45. The highest BCUT2D eigenvalue weighted by atomic mass is 16.3. The number of nitrogens with one attached hydrogen (secondary N) is 1. The Labute approximate surface area is 115 Å². The van der Waals surface area contributed by atoms with Crippen molar-refractivity contribution >= 4 is 5.91 Å². The summed E-state index contributed by atoms with van der Waals surface area (Å²) in [5.74, 6) is 0.327. The van der Waals surface area contributed by atoms with E-state index in [0.717, 1.165) is 38.4 Å². The molecular formula is C15H26N2O2. The van der Waals surface area contributed by atoms with Gasteiger partial charge in [0.1, 0.15) is 0 Å². The standard InChI is InChI=1S/C15H26N2O2/c18-14-8-4-7-13(14)16-15(19)11-9-17(10-11)12-5-2-1-3-6-12/h11-14,18H,1-10H2,(H,16,19)/t13-,14-/m1/s1. The van der Waals surface area contributed by atoms with E-state index in [1.54, 1.807) is 0 Å². The van der Waals surface area contributed by atoms with Crippen LogP contribution >= 0.6 is 0 Å². The maximum atomic E-state index is 12.1. The first-order valence-corrected chi connectivity index (χ1v) is 7.96. The van der Waals surface area contributed by atoms with Gasteiger partial charge in [-0.25, -0.2) is 0 Å². The first-order valence-electron chi connectivity index (χ1n) is 7.96. The van der Waals surface area contributed by atoms with E-state index >= 15 is 0 Å². The van der Waals surface area contributed by atoms with Crippen LogP contribution in [0.3, 0.4) is 0 Å². The summed E-state index contributed by atoms with van der Waals surface area (Å²) >= 11 is 0. The molecule has 0 aromatic heterocycles. The average molecular weight is 266 g/mol. The molecule has 1 amide bonds. The number of carbonyl (C=O) groups excluding carboxylic acids is 1. The maximum Gasteiger partial charge on any atom is 0.226 e. The molecule has 2 atom stereocenters. The number of aliphatic hydroxyl groups is 1. The van der Waals surface area contributed by atoms with Gasteiger partial charge >= 0.3 is 0 Å². The summed E-state index contributed by atoms with van der Waals surface area (Å²) in [6.45, 7) is 1.86. The molecule has 1 heterocycles. The number of aliphatic hydroxyl groups excluding tert-OH is 1. The summed E-state index contributed by atoms with van der Waals surface area (Å²) in [4.78, 5) is 14.6. The first kappa shape index (κ1) is 13.4. The number of nitrogens with zero attached hydrogens (tertiary/aromatic N) is 1. The van der Waals surface area contributed by atoms with Crippen LogP contribution in [0, 0.1) is 5.92 Å². The number of amides is 1. The van der Waals surface area contributed by atoms with Crippen LogP contribution < -0.4 is 5.32 Å². The Morgan fingerprint density at radius 2 is 1.74 bits per heavy atom. The number of carbonyl (C=O) groups is 1. The van der Waals surface area contributed by atoms with Crippen molar-refractivity contribution in [1.29, 1.82) is 0 Å². The fourth-order valence-electron chi connectivity index (χ4n) is 3.83. The molecule has 3 aliphatic rings. The minimum Gasteiger partial charge on any atom is -0.391 e. The smallest absolute Gasteiger partial charge is 0.226 e. The zero-order valence-corrected chi connectivity index (χ0v) is 11.7. The molecule has 0 radical (unpaired) electrons. The van der Waals surface area contributed by atoms with E-state index in [2.05, 4.69) is 10.2 Å². The molecule has 2 N–H and O–H groups in total. The highest BCUT2D eigenvalue weighted by Gasteiger charge is 2.38. The largest absolute Gasteiger partial charge is 0.391 e. The van der Waals surface area contributed by atoms with Gasteiger partial charge in [0, 0.05) is 19.1 Å². The average Bonchev–Trinajstić information content (AvgIpc) is 2.74. The lowest BCUT2D eigenvalue weighted by atomic mass is 9.88. The minimum atomic E-state index is -0.321. The zero-order chi connectivity index (χ0) is 13.2. The van der Waals surface area contributed by atoms with E-state index in [-0.39, 0.29) is 24.0 Å². The molecule has 3 fully saturated rings. The summed E-state index contributed by atoms with van der Waals surface area (Å²) in [5, 5.41) is 12.8. The van der Waals surface area contributed by atoms with Crippen LogP contribution in [0.5, 0.6) is 0 Å². The number of hydrogen-bond acceptors (Lipinski definition) is 3. The van der Waals surface area contributed by atoms with Gasteiger partial charge in [-0.3, -0.25) is 9.69 Å². The quantitative estimate of drug-likeness (QED) is 0.809. The molecule has 0 bridgehead atoms. The van der Waals surface area contributed by atoms with Crippen molar-refractivity contribution in [3.8, 4) is 0 Å². The van der Waals surface area contributed by atoms with Crippen LogP contribution in [0.1, 0.15) is 51.4 Å². The highest BCUT2D eigenvalue weighted by molar-refractivity contribution is 5.80. The SMILES string of the molecule is O=C(N[C@@H]1CCC[C@H]1O)C1CN(C2CCCCC2)C1. The van der Waals surface area contributed by atoms with E-state index in [4.69, 9.17) is 0 Å². The predicted octanol–water partition coefficient (Wildman–Crippen LogP) is 1.28. The third-order valence-electron chi connectivity index (χ3n) is 5.18. The van der Waals surface area contributed by atoms with Gasteiger partial charge in [-0.1, -0.05) is 19.3 Å². The second kappa shape index (κ2) is 5.80. The second-order valence-electron chi connectivity index (χ2n) is 6.56. The van der Waals surface area contributed by atoms with Crippen LogP contribution in [0.4, 0.5) is 0 Å². The van der Waals surface area contributed by atoms with Crippen molar-refractivity contribution in [3.63, 3.8) is 0 Å². The fraction of sp³-hybridized carbons (Fsp3) is 0.933. The summed E-state index contributed by atoms with van der Waals surface area (Å²) in [6, 6.07) is 0.742. The normalized spacial score (nSPS) is 34.2. The van der Waals surface area contributed by atoms with Crippen LogP contribution in [0.2, 0.25) is 0 Å². The molecule has 4 heteroatoms. The van der Waals surface area contributed by atoms with Crippen LogP contribution in [0.15, 0.2) is 0 Å². The highest BCUT2D eigenvalue weighted by Crippen LogP contribution is 2.29. The summed E-state index contributed by atoms with van der Waals surface area (Å²) < 4.78 is 0. The van der Waals surface area contributed by atoms with Crippen LogP contribution in [-0.4, -0.2) is 47.2 Å². The third-order valence-corrected chi connectivity index (χ3v) is 5.18. The van der Waals surface area contributed by atoms with Crippen molar-refractivity contribution in [3.05, 3.63) is 0 Å². The summed E-state index contributed by atoms with van der Waals surface area (Å²) in [7, 11) is 0. The van der Waals surface area contributed by atoms with E-state index in [1.807, 2.05) is 0 Å². The molecule has 3 rings (SSSR count). The monoisotopic (exact) mass is 266 g/mol. The minimum absolute atomic E-state index is 0.0104. The maximum absolute atomic E-state index is 12.1. The second-order valence-corrected chi connectivity index (χ2v) is 6.56. The molecule has 0 aromatic rings. The van der Waals surface area contributed by atoms with Crippen molar-refractivity contribution in [1.82, 2.24) is 10.2 Å². The lowest BCUT2D eigenvalue weighted by molar-refractivity contribution is -0.133. The Morgan fingerprint density at radius 1 is 1.00 bits per heavy atom. The topological polar surface area (TPSA) is 52.6 Å². The molecule has 1 aliphatic heterocycles. The van der Waals surface area contributed by atoms with E-state index in [1.165, 1.54) is 32.1 Å². The van der Waals surface area contributed by atoms with Gasteiger partial charge in [0.2, 0.25) is 5.91 Å². The van der Waals surface area contributed by atoms with Crippen molar-refractivity contribution < 1.29 is 9.90 Å². The van der Waals surface area contributed by atoms with Gasteiger partial charge in [-0.2, -0.15) is 0 Å². The zero-order valence-electron chi connectivity index (χ0n) is 11.7. The third kappa shape index (κ3) is 2.95. The molecule has 19 heavy (non-hydrogen) atoms. The Bertz CT molecular complexity index is 322.